The Kier molecular flexibility index (Phi) is 5.70. The van der Waals surface area contributed by atoms with Crippen LogP contribution in [-0.4, -0.2) is 56.4 Å². The molecule has 9 heteroatoms. The Bertz CT molecular complexity index is 622. The molecule has 1 aromatic rings. The number of halogens is 1. The van der Waals surface area contributed by atoms with Gasteiger partial charge in [-0.05, 0) is 18.1 Å². The zero-order chi connectivity index (χ0) is 16.3. The lowest BCUT2D eigenvalue weighted by molar-refractivity contribution is 0.171. The SMILES string of the molecule is CC(C)CNC(=O)N1CCN(S(=O)(=O)c2ccc(Cl)s2)CC1. The summed E-state index contributed by atoms with van der Waals surface area (Å²) in [7, 11) is -3.51. The van der Waals surface area contributed by atoms with Crippen LogP contribution in [0.1, 0.15) is 13.8 Å². The zero-order valence-electron chi connectivity index (χ0n) is 12.6. The third-order valence-corrected chi connectivity index (χ3v) is 6.93. The first-order chi connectivity index (χ1) is 10.3. The van der Waals surface area contributed by atoms with Gasteiger partial charge >= 0.3 is 6.03 Å². The zero-order valence-corrected chi connectivity index (χ0v) is 15.0. The molecule has 0 bridgehead atoms. The fourth-order valence-corrected chi connectivity index (χ4v) is 5.16. The number of amides is 2. The van der Waals surface area contributed by atoms with Crippen LogP contribution in [0.4, 0.5) is 4.79 Å². The van der Waals surface area contributed by atoms with Gasteiger partial charge in [-0.2, -0.15) is 4.31 Å². The van der Waals surface area contributed by atoms with E-state index < -0.39 is 10.0 Å². The molecule has 22 heavy (non-hydrogen) atoms. The lowest BCUT2D eigenvalue weighted by Gasteiger charge is -2.33. The monoisotopic (exact) mass is 365 g/mol. The molecule has 2 rings (SSSR count). The van der Waals surface area contributed by atoms with E-state index in [0.717, 1.165) is 11.3 Å². The Morgan fingerprint density at radius 1 is 1.32 bits per heavy atom. The van der Waals surface area contributed by atoms with E-state index in [-0.39, 0.29) is 10.2 Å². The fourth-order valence-electron chi connectivity index (χ4n) is 2.10. The van der Waals surface area contributed by atoms with Crippen LogP contribution in [0.3, 0.4) is 0 Å². The first-order valence-corrected chi connectivity index (χ1v) is 9.72. The number of hydrogen-bond donors (Lipinski definition) is 1. The predicted molar refractivity (Wildman–Crippen MR) is 87.9 cm³/mol. The molecule has 1 saturated heterocycles. The minimum Gasteiger partial charge on any atom is -0.338 e. The Hall–Kier alpha value is -0.830. The maximum atomic E-state index is 12.5. The van der Waals surface area contributed by atoms with Gasteiger partial charge in [0.15, 0.2) is 0 Å². The van der Waals surface area contributed by atoms with Crippen molar-refractivity contribution in [2.24, 2.45) is 5.92 Å². The molecule has 6 nitrogen and oxygen atoms in total. The topological polar surface area (TPSA) is 69.7 Å². The molecule has 1 aliphatic rings. The highest BCUT2D eigenvalue weighted by Crippen LogP contribution is 2.28. The van der Waals surface area contributed by atoms with E-state index in [1.807, 2.05) is 13.8 Å². The van der Waals surface area contributed by atoms with Crippen LogP contribution in [0, 0.1) is 5.92 Å². The molecule has 0 spiro atoms. The second kappa shape index (κ2) is 7.16. The molecule has 0 aromatic carbocycles. The Morgan fingerprint density at radius 3 is 2.45 bits per heavy atom. The van der Waals surface area contributed by atoms with Crippen molar-refractivity contribution < 1.29 is 13.2 Å². The van der Waals surface area contributed by atoms with Crippen LogP contribution in [-0.2, 0) is 10.0 Å². The highest BCUT2D eigenvalue weighted by atomic mass is 35.5. The summed E-state index contributed by atoms with van der Waals surface area (Å²) < 4.78 is 27.0. The number of sulfonamides is 1. The Labute approximate surface area is 140 Å². The van der Waals surface area contributed by atoms with Gasteiger partial charge in [-0.25, -0.2) is 13.2 Å². The molecule has 2 amide bonds. The van der Waals surface area contributed by atoms with Crippen molar-refractivity contribution in [3.8, 4) is 0 Å². The summed E-state index contributed by atoms with van der Waals surface area (Å²) in [5.74, 6) is 0.384. The maximum Gasteiger partial charge on any atom is 0.317 e. The van der Waals surface area contributed by atoms with E-state index in [9.17, 15) is 13.2 Å². The number of rotatable bonds is 4. The van der Waals surface area contributed by atoms with Crippen LogP contribution in [0.15, 0.2) is 16.3 Å². The van der Waals surface area contributed by atoms with Crippen molar-refractivity contribution in [3.05, 3.63) is 16.5 Å². The minimum absolute atomic E-state index is 0.134. The number of hydrogen-bond acceptors (Lipinski definition) is 4. The van der Waals surface area contributed by atoms with Crippen molar-refractivity contribution in [2.45, 2.75) is 18.1 Å². The molecular formula is C13H20ClN3O3S2. The second-order valence-corrected chi connectivity index (χ2v) is 9.41. The first kappa shape index (κ1) is 17.5. The second-order valence-electron chi connectivity index (χ2n) is 5.53. The van der Waals surface area contributed by atoms with Gasteiger partial charge in [0, 0.05) is 32.7 Å². The first-order valence-electron chi connectivity index (χ1n) is 7.09. The summed E-state index contributed by atoms with van der Waals surface area (Å²) in [6.45, 7) is 6.05. The van der Waals surface area contributed by atoms with Crippen molar-refractivity contribution in [2.75, 3.05) is 32.7 Å². The van der Waals surface area contributed by atoms with Gasteiger partial charge in [0.25, 0.3) is 10.0 Å². The van der Waals surface area contributed by atoms with Gasteiger partial charge < -0.3 is 10.2 Å². The molecule has 0 unspecified atom stereocenters. The van der Waals surface area contributed by atoms with Gasteiger partial charge in [-0.3, -0.25) is 0 Å². The molecule has 0 atom stereocenters. The van der Waals surface area contributed by atoms with E-state index in [1.165, 1.54) is 10.4 Å². The average molecular weight is 366 g/mol. The van der Waals surface area contributed by atoms with Gasteiger partial charge in [-0.15, -0.1) is 11.3 Å². The van der Waals surface area contributed by atoms with Crippen LogP contribution in [0.2, 0.25) is 4.34 Å². The van der Waals surface area contributed by atoms with Crippen molar-refractivity contribution in [1.82, 2.24) is 14.5 Å². The molecule has 0 saturated carbocycles. The number of nitrogens with zero attached hydrogens (tertiary/aromatic N) is 2. The van der Waals surface area contributed by atoms with Crippen LogP contribution >= 0.6 is 22.9 Å². The van der Waals surface area contributed by atoms with Gasteiger partial charge in [0.2, 0.25) is 0 Å². The fraction of sp³-hybridized carbons (Fsp3) is 0.615. The highest BCUT2D eigenvalue weighted by Gasteiger charge is 2.31. The number of thiophene rings is 1. The van der Waals surface area contributed by atoms with Crippen LogP contribution in [0.5, 0.6) is 0 Å². The molecule has 2 heterocycles. The Balaban J connectivity index is 1.93. The summed E-state index contributed by atoms with van der Waals surface area (Å²) in [5, 5.41) is 2.84. The van der Waals surface area contributed by atoms with E-state index in [4.69, 9.17) is 11.6 Å². The highest BCUT2D eigenvalue weighted by molar-refractivity contribution is 7.91. The molecule has 124 valence electrons. The Morgan fingerprint density at radius 2 is 1.95 bits per heavy atom. The number of carbonyl (C=O) groups is 1. The number of nitrogens with one attached hydrogen (secondary N) is 1. The normalized spacial score (nSPS) is 17.0. The molecule has 1 aliphatic heterocycles. The number of piperazine rings is 1. The summed E-state index contributed by atoms with van der Waals surface area (Å²) in [6, 6.07) is 2.96. The van der Waals surface area contributed by atoms with E-state index >= 15 is 0 Å². The predicted octanol–water partition coefficient (Wildman–Crippen LogP) is 2.07. The molecule has 0 aliphatic carbocycles. The van der Waals surface area contributed by atoms with E-state index in [2.05, 4.69) is 5.32 Å². The molecule has 1 fully saturated rings. The summed E-state index contributed by atoms with van der Waals surface area (Å²) in [5.41, 5.74) is 0. The van der Waals surface area contributed by atoms with Crippen molar-refractivity contribution in [3.63, 3.8) is 0 Å². The minimum atomic E-state index is -3.51. The van der Waals surface area contributed by atoms with Gasteiger partial charge in [0.05, 0.1) is 4.34 Å². The third kappa shape index (κ3) is 4.13. The van der Waals surface area contributed by atoms with Crippen molar-refractivity contribution in [1.29, 1.82) is 0 Å². The molecular weight excluding hydrogens is 346 g/mol. The largest absolute Gasteiger partial charge is 0.338 e. The molecule has 0 radical (unpaired) electrons. The number of urea groups is 1. The number of carbonyl (C=O) groups excluding carboxylic acids is 1. The van der Waals surface area contributed by atoms with Crippen LogP contribution < -0.4 is 5.32 Å². The third-order valence-electron chi connectivity index (χ3n) is 3.33. The van der Waals surface area contributed by atoms with Gasteiger partial charge in [0.1, 0.15) is 4.21 Å². The van der Waals surface area contributed by atoms with E-state index in [1.54, 1.807) is 11.0 Å². The summed E-state index contributed by atoms with van der Waals surface area (Å²) in [6.07, 6.45) is 0. The van der Waals surface area contributed by atoms with E-state index in [0.29, 0.717) is 43.0 Å². The smallest absolute Gasteiger partial charge is 0.317 e. The molecule has 1 N–H and O–H groups in total. The lowest BCUT2D eigenvalue weighted by atomic mass is 10.2. The molecule has 1 aromatic heterocycles. The maximum absolute atomic E-state index is 12.5. The van der Waals surface area contributed by atoms with Crippen LogP contribution in [0.25, 0.3) is 0 Å². The average Bonchev–Trinajstić information content (AvgIpc) is 2.92. The lowest BCUT2D eigenvalue weighted by Crippen LogP contribution is -2.53. The standard InChI is InChI=1S/C13H20ClN3O3S2/c1-10(2)9-15-13(18)16-5-7-17(8-6-16)22(19,20)12-4-3-11(14)21-12/h3-4,10H,5-9H2,1-2H3,(H,15,18). The summed E-state index contributed by atoms with van der Waals surface area (Å²) >= 11 is 6.85. The van der Waals surface area contributed by atoms with Crippen molar-refractivity contribution >= 4 is 39.0 Å². The summed E-state index contributed by atoms with van der Waals surface area (Å²) in [4.78, 5) is 13.6. The quantitative estimate of drug-likeness (QED) is 0.888. The van der Waals surface area contributed by atoms with Gasteiger partial charge in [-0.1, -0.05) is 25.4 Å².